The number of imide groups is 1. The minimum absolute atomic E-state index is 0.169. The van der Waals surface area contributed by atoms with Crippen molar-refractivity contribution >= 4 is 23.8 Å². The van der Waals surface area contributed by atoms with Crippen molar-refractivity contribution in [2.75, 3.05) is 6.54 Å². The molecule has 1 heterocycles. The number of aliphatic carboxylic acids is 1. The van der Waals surface area contributed by atoms with Crippen LogP contribution in [0.2, 0.25) is 0 Å². The van der Waals surface area contributed by atoms with E-state index in [1.54, 1.807) is 6.92 Å². The van der Waals surface area contributed by atoms with E-state index in [0.717, 1.165) is 4.90 Å². The Morgan fingerprint density at radius 1 is 1.45 bits per heavy atom. The van der Waals surface area contributed by atoms with Gasteiger partial charge in [-0.25, -0.2) is 9.59 Å². The molecular formula is C12H19N3O5. The molecule has 0 aromatic rings. The van der Waals surface area contributed by atoms with Gasteiger partial charge in [-0.3, -0.25) is 14.9 Å². The standard InChI is InChI=1S/C12H19N3O5/c1-5-12(4,9(18)19)14-10(20)15-6-7(16)13-8(17)11(15,2)3/h5-6H2,1-4H3,(H,14,20)(H,18,19)(H,13,16,17). The van der Waals surface area contributed by atoms with Crippen LogP contribution in [0.4, 0.5) is 4.79 Å². The van der Waals surface area contributed by atoms with Crippen LogP contribution < -0.4 is 10.6 Å². The summed E-state index contributed by atoms with van der Waals surface area (Å²) in [5.41, 5.74) is -2.69. The summed E-state index contributed by atoms with van der Waals surface area (Å²) in [5, 5.41) is 13.6. The molecule has 3 N–H and O–H groups in total. The zero-order chi connectivity index (χ0) is 15.7. The second kappa shape index (κ2) is 5.10. The van der Waals surface area contributed by atoms with Gasteiger partial charge in [0.25, 0.3) is 5.91 Å². The molecule has 0 bridgehead atoms. The Hall–Kier alpha value is -2.12. The van der Waals surface area contributed by atoms with Crippen molar-refractivity contribution in [1.82, 2.24) is 15.5 Å². The number of amides is 4. The minimum Gasteiger partial charge on any atom is -0.480 e. The van der Waals surface area contributed by atoms with Crippen molar-refractivity contribution in [2.45, 2.75) is 45.2 Å². The van der Waals surface area contributed by atoms with E-state index < -0.39 is 34.9 Å². The van der Waals surface area contributed by atoms with Crippen molar-refractivity contribution in [2.24, 2.45) is 0 Å². The van der Waals surface area contributed by atoms with Gasteiger partial charge in [0.1, 0.15) is 17.6 Å². The molecule has 1 unspecified atom stereocenters. The molecule has 1 aliphatic heterocycles. The van der Waals surface area contributed by atoms with Crippen LogP contribution in [0, 0.1) is 0 Å². The average Bonchev–Trinajstić information content (AvgIpc) is 2.33. The first-order chi connectivity index (χ1) is 9.04. The molecule has 0 saturated carbocycles. The first kappa shape index (κ1) is 15.9. The molecule has 1 fully saturated rings. The highest BCUT2D eigenvalue weighted by molar-refractivity contribution is 6.06. The highest BCUT2D eigenvalue weighted by Gasteiger charge is 2.45. The van der Waals surface area contributed by atoms with Crippen molar-refractivity contribution in [3.05, 3.63) is 0 Å². The number of hydrogen-bond donors (Lipinski definition) is 3. The first-order valence-electron chi connectivity index (χ1n) is 6.22. The lowest BCUT2D eigenvalue weighted by atomic mass is 9.97. The van der Waals surface area contributed by atoms with Crippen LogP contribution in [-0.4, -0.2) is 51.4 Å². The maximum Gasteiger partial charge on any atom is 0.329 e. The Kier molecular flexibility index (Phi) is 4.07. The molecule has 0 aromatic heterocycles. The van der Waals surface area contributed by atoms with Crippen molar-refractivity contribution in [3.8, 4) is 0 Å². The second-order valence-corrected chi connectivity index (χ2v) is 5.44. The molecule has 112 valence electrons. The average molecular weight is 285 g/mol. The van der Waals surface area contributed by atoms with E-state index in [0.29, 0.717) is 0 Å². The third-order valence-electron chi connectivity index (χ3n) is 3.59. The summed E-state index contributed by atoms with van der Waals surface area (Å²) in [7, 11) is 0. The lowest BCUT2D eigenvalue weighted by Crippen LogP contribution is -2.69. The molecular weight excluding hydrogens is 266 g/mol. The van der Waals surface area contributed by atoms with Crippen molar-refractivity contribution in [1.29, 1.82) is 0 Å². The summed E-state index contributed by atoms with van der Waals surface area (Å²) in [4.78, 5) is 47.5. The zero-order valence-corrected chi connectivity index (χ0v) is 11.9. The van der Waals surface area contributed by atoms with Crippen LogP contribution in [0.15, 0.2) is 0 Å². The molecule has 1 rings (SSSR count). The van der Waals surface area contributed by atoms with Crippen molar-refractivity contribution in [3.63, 3.8) is 0 Å². The van der Waals surface area contributed by atoms with Crippen LogP contribution in [0.5, 0.6) is 0 Å². The van der Waals surface area contributed by atoms with E-state index in [2.05, 4.69) is 10.6 Å². The van der Waals surface area contributed by atoms with Gasteiger partial charge in [0.05, 0.1) is 0 Å². The molecule has 0 aliphatic carbocycles. The number of rotatable bonds is 3. The lowest BCUT2D eigenvalue weighted by Gasteiger charge is -2.41. The number of nitrogens with one attached hydrogen (secondary N) is 2. The van der Waals surface area contributed by atoms with E-state index in [9.17, 15) is 19.2 Å². The Balaban J connectivity index is 2.98. The number of carbonyl (C=O) groups excluding carboxylic acids is 3. The Bertz CT molecular complexity index is 474. The molecule has 1 atom stereocenters. The van der Waals surface area contributed by atoms with E-state index in [-0.39, 0.29) is 13.0 Å². The number of carbonyl (C=O) groups is 4. The van der Waals surface area contributed by atoms with Gasteiger partial charge < -0.3 is 15.3 Å². The number of hydrogen-bond acceptors (Lipinski definition) is 4. The summed E-state index contributed by atoms with van der Waals surface area (Å²) >= 11 is 0. The van der Waals surface area contributed by atoms with Crippen LogP contribution in [0.25, 0.3) is 0 Å². The van der Waals surface area contributed by atoms with Gasteiger partial charge >= 0.3 is 12.0 Å². The van der Waals surface area contributed by atoms with E-state index in [1.165, 1.54) is 20.8 Å². The molecule has 0 aromatic carbocycles. The van der Waals surface area contributed by atoms with Gasteiger partial charge in [-0.2, -0.15) is 0 Å². The van der Waals surface area contributed by atoms with Crippen molar-refractivity contribution < 1.29 is 24.3 Å². The Morgan fingerprint density at radius 3 is 2.45 bits per heavy atom. The largest absolute Gasteiger partial charge is 0.480 e. The fourth-order valence-corrected chi connectivity index (χ4v) is 1.71. The number of urea groups is 1. The van der Waals surface area contributed by atoms with Crippen LogP contribution in [0.1, 0.15) is 34.1 Å². The zero-order valence-electron chi connectivity index (χ0n) is 11.9. The monoisotopic (exact) mass is 285 g/mol. The Labute approximate surface area is 116 Å². The lowest BCUT2D eigenvalue weighted by molar-refractivity contribution is -0.144. The highest BCUT2D eigenvalue weighted by atomic mass is 16.4. The quantitative estimate of drug-likeness (QED) is 0.615. The number of piperazine rings is 1. The molecule has 0 radical (unpaired) electrons. The van der Waals surface area contributed by atoms with Gasteiger partial charge in [0.2, 0.25) is 5.91 Å². The Morgan fingerprint density at radius 2 is 2.00 bits per heavy atom. The SMILES string of the molecule is CCC(C)(NC(=O)N1CC(=O)NC(=O)C1(C)C)C(=O)O. The maximum atomic E-state index is 12.2. The van der Waals surface area contributed by atoms with E-state index in [4.69, 9.17) is 5.11 Å². The van der Waals surface area contributed by atoms with Crippen LogP contribution in [-0.2, 0) is 14.4 Å². The third kappa shape index (κ3) is 2.73. The summed E-state index contributed by atoms with van der Waals surface area (Å²) in [6, 6.07) is -0.759. The first-order valence-corrected chi connectivity index (χ1v) is 6.22. The summed E-state index contributed by atoms with van der Waals surface area (Å²) < 4.78 is 0. The van der Waals surface area contributed by atoms with Gasteiger partial charge in [-0.1, -0.05) is 6.92 Å². The topological polar surface area (TPSA) is 116 Å². The van der Waals surface area contributed by atoms with Crippen LogP contribution >= 0.6 is 0 Å². The predicted octanol–water partition coefficient (Wildman–Crippen LogP) is -0.314. The van der Waals surface area contributed by atoms with Gasteiger partial charge in [-0.15, -0.1) is 0 Å². The molecule has 1 saturated heterocycles. The van der Waals surface area contributed by atoms with Gasteiger partial charge in [0.15, 0.2) is 0 Å². The maximum absolute atomic E-state index is 12.2. The number of carboxylic acids is 1. The normalized spacial score (nSPS) is 20.9. The summed E-state index contributed by atoms with van der Waals surface area (Å²) in [6.45, 7) is 5.65. The second-order valence-electron chi connectivity index (χ2n) is 5.44. The third-order valence-corrected chi connectivity index (χ3v) is 3.59. The molecule has 1 aliphatic rings. The minimum atomic E-state index is -1.45. The van der Waals surface area contributed by atoms with Gasteiger partial charge in [0, 0.05) is 0 Å². The predicted molar refractivity (Wildman–Crippen MR) is 68.8 cm³/mol. The van der Waals surface area contributed by atoms with E-state index >= 15 is 0 Å². The van der Waals surface area contributed by atoms with E-state index in [1.807, 2.05) is 0 Å². The molecule has 8 heteroatoms. The van der Waals surface area contributed by atoms with Gasteiger partial charge in [-0.05, 0) is 27.2 Å². The summed E-state index contributed by atoms with van der Waals surface area (Å²) in [6.07, 6.45) is 0.169. The molecule has 0 spiro atoms. The number of nitrogens with zero attached hydrogens (tertiary/aromatic N) is 1. The fraction of sp³-hybridized carbons (Fsp3) is 0.667. The smallest absolute Gasteiger partial charge is 0.329 e. The molecule has 8 nitrogen and oxygen atoms in total. The number of carboxylic acid groups (broad SMARTS) is 1. The molecule has 20 heavy (non-hydrogen) atoms. The highest BCUT2D eigenvalue weighted by Crippen LogP contribution is 2.20. The van der Waals surface area contributed by atoms with Crippen LogP contribution in [0.3, 0.4) is 0 Å². The summed E-state index contributed by atoms with van der Waals surface area (Å²) in [5.74, 6) is -2.38. The molecule has 4 amide bonds. The fourth-order valence-electron chi connectivity index (χ4n) is 1.71.